The van der Waals surface area contributed by atoms with Gasteiger partial charge in [0.25, 0.3) is 0 Å². The molecular weight excluding hydrogens is 252 g/mol. The summed E-state index contributed by atoms with van der Waals surface area (Å²) in [4.78, 5) is 2.58. The Labute approximate surface area is 123 Å². The van der Waals surface area contributed by atoms with Gasteiger partial charge >= 0.3 is 0 Å². The first-order chi connectivity index (χ1) is 9.25. The fraction of sp³-hybridized carbons (Fsp3) is 1.00. The van der Waals surface area contributed by atoms with E-state index in [4.69, 9.17) is 4.74 Å². The first kappa shape index (κ1) is 16.2. The van der Waals surface area contributed by atoms with Crippen molar-refractivity contribution in [2.24, 2.45) is 0 Å². The van der Waals surface area contributed by atoms with Gasteiger partial charge in [0.15, 0.2) is 0 Å². The Morgan fingerprint density at radius 3 is 2.65 bits per heavy atom. The van der Waals surface area contributed by atoms with E-state index in [0.717, 1.165) is 25.9 Å². The molecule has 2 fully saturated rings. The molecule has 3 atom stereocenters. The van der Waals surface area contributed by atoms with Gasteiger partial charge in [-0.15, -0.1) is 0 Å². The van der Waals surface area contributed by atoms with Crippen LogP contribution in [0.3, 0.4) is 0 Å². The zero-order valence-electron chi connectivity index (χ0n) is 13.8. The number of rotatable bonds is 4. The zero-order valence-corrected chi connectivity index (χ0v) is 13.8. The predicted octanol–water partition coefficient (Wildman–Crippen LogP) is 1.77. The summed E-state index contributed by atoms with van der Waals surface area (Å²) in [5, 5.41) is 13.4. The molecular formula is C16H32N2O2. The molecule has 2 N–H and O–H groups in total. The predicted molar refractivity (Wildman–Crippen MR) is 81.9 cm³/mol. The summed E-state index contributed by atoms with van der Waals surface area (Å²) in [6.45, 7) is 13.1. The molecule has 1 aliphatic carbocycles. The molecule has 3 unspecified atom stereocenters. The second kappa shape index (κ2) is 5.91. The molecule has 1 aliphatic heterocycles. The number of nitrogens with zero attached hydrogens (tertiary/aromatic N) is 1. The first-order valence-corrected chi connectivity index (χ1v) is 8.06. The van der Waals surface area contributed by atoms with E-state index < -0.39 is 0 Å². The molecule has 1 heterocycles. The molecule has 2 aliphatic rings. The number of aliphatic hydroxyl groups excluding tert-OH is 1. The van der Waals surface area contributed by atoms with Gasteiger partial charge in [0.05, 0.1) is 18.3 Å². The molecule has 0 aromatic heterocycles. The van der Waals surface area contributed by atoms with Gasteiger partial charge in [0, 0.05) is 30.7 Å². The Kier molecular flexibility index (Phi) is 4.80. The smallest absolute Gasteiger partial charge is 0.0757 e. The van der Waals surface area contributed by atoms with E-state index in [1.165, 1.54) is 6.42 Å². The molecule has 0 radical (unpaired) electrons. The van der Waals surface area contributed by atoms with Crippen LogP contribution in [0.2, 0.25) is 0 Å². The van der Waals surface area contributed by atoms with Crippen LogP contribution in [-0.2, 0) is 4.74 Å². The molecule has 20 heavy (non-hydrogen) atoms. The average Bonchev–Trinajstić information content (AvgIpc) is 2.70. The Hall–Kier alpha value is -0.160. The van der Waals surface area contributed by atoms with Crippen LogP contribution in [0.4, 0.5) is 0 Å². The van der Waals surface area contributed by atoms with Crippen LogP contribution in [0.5, 0.6) is 0 Å². The lowest BCUT2D eigenvalue weighted by atomic mass is 9.96. The minimum absolute atomic E-state index is 0.0619. The summed E-state index contributed by atoms with van der Waals surface area (Å²) in [5.74, 6) is 0. The number of aliphatic hydroxyl groups is 1. The van der Waals surface area contributed by atoms with Crippen LogP contribution in [0, 0.1) is 0 Å². The van der Waals surface area contributed by atoms with Crippen molar-refractivity contribution in [1.82, 2.24) is 10.2 Å². The highest BCUT2D eigenvalue weighted by molar-refractivity contribution is 5.01. The van der Waals surface area contributed by atoms with Gasteiger partial charge in [-0.25, -0.2) is 0 Å². The highest BCUT2D eigenvalue weighted by Gasteiger charge is 2.43. The molecule has 1 saturated heterocycles. The molecule has 118 valence electrons. The molecule has 0 spiro atoms. The maximum atomic E-state index is 9.83. The minimum atomic E-state index is -0.0789. The van der Waals surface area contributed by atoms with Crippen molar-refractivity contribution < 1.29 is 9.84 Å². The molecule has 4 heteroatoms. The maximum absolute atomic E-state index is 9.83. The standard InChI is InChI=1S/C16H32N2O2/c1-12(2)17-16(11-19)7-6-14(8-16)18-9-13(3)20-15(4,5)10-18/h12-14,17,19H,6-11H2,1-5H3. The van der Waals surface area contributed by atoms with Crippen LogP contribution in [0.1, 0.15) is 53.9 Å². The molecule has 0 aromatic carbocycles. The number of morpholine rings is 1. The lowest BCUT2D eigenvalue weighted by Crippen LogP contribution is -2.56. The zero-order chi connectivity index (χ0) is 15.0. The van der Waals surface area contributed by atoms with E-state index in [0.29, 0.717) is 18.2 Å². The Morgan fingerprint density at radius 2 is 2.10 bits per heavy atom. The number of nitrogens with one attached hydrogen (secondary N) is 1. The van der Waals surface area contributed by atoms with Crippen molar-refractivity contribution in [2.75, 3.05) is 19.7 Å². The van der Waals surface area contributed by atoms with Gasteiger partial charge in [-0.3, -0.25) is 4.90 Å². The van der Waals surface area contributed by atoms with Gasteiger partial charge in [-0.05, 0) is 40.0 Å². The molecule has 2 rings (SSSR count). The quantitative estimate of drug-likeness (QED) is 0.826. The molecule has 0 aromatic rings. The normalized spacial score (nSPS) is 38.5. The summed E-state index contributed by atoms with van der Waals surface area (Å²) in [6.07, 6.45) is 3.58. The molecule has 4 nitrogen and oxygen atoms in total. The summed E-state index contributed by atoms with van der Waals surface area (Å²) in [7, 11) is 0. The Bertz CT molecular complexity index is 332. The van der Waals surface area contributed by atoms with E-state index in [2.05, 4.69) is 44.8 Å². The van der Waals surface area contributed by atoms with Crippen LogP contribution in [0.15, 0.2) is 0 Å². The van der Waals surface area contributed by atoms with Crippen molar-refractivity contribution in [3.05, 3.63) is 0 Å². The van der Waals surface area contributed by atoms with Crippen molar-refractivity contribution in [3.63, 3.8) is 0 Å². The SMILES string of the molecule is CC(C)NC1(CO)CCC(N2CC(C)OC(C)(C)C2)C1. The van der Waals surface area contributed by atoms with Gasteiger partial charge < -0.3 is 15.2 Å². The molecule has 0 amide bonds. The lowest BCUT2D eigenvalue weighted by Gasteiger charge is -2.45. The summed E-state index contributed by atoms with van der Waals surface area (Å²) in [5.41, 5.74) is -0.141. The summed E-state index contributed by atoms with van der Waals surface area (Å²) < 4.78 is 6.00. The molecule has 0 bridgehead atoms. The number of hydrogen-bond donors (Lipinski definition) is 2. The lowest BCUT2D eigenvalue weighted by molar-refractivity contribution is -0.137. The van der Waals surface area contributed by atoms with E-state index in [-0.39, 0.29) is 17.7 Å². The van der Waals surface area contributed by atoms with Crippen molar-refractivity contribution in [3.8, 4) is 0 Å². The largest absolute Gasteiger partial charge is 0.394 e. The summed E-state index contributed by atoms with van der Waals surface area (Å²) >= 11 is 0. The van der Waals surface area contributed by atoms with Crippen molar-refractivity contribution in [2.45, 2.75) is 83.2 Å². The summed E-state index contributed by atoms with van der Waals surface area (Å²) in [6, 6.07) is 0.986. The van der Waals surface area contributed by atoms with Crippen LogP contribution >= 0.6 is 0 Å². The third-order valence-electron chi connectivity index (χ3n) is 4.59. The fourth-order valence-corrected chi connectivity index (χ4v) is 4.12. The second-order valence-corrected chi connectivity index (χ2v) is 7.75. The Morgan fingerprint density at radius 1 is 1.40 bits per heavy atom. The van der Waals surface area contributed by atoms with E-state index in [1.807, 2.05) is 0 Å². The topological polar surface area (TPSA) is 44.7 Å². The van der Waals surface area contributed by atoms with E-state index in [1.54, 1.807) is 0 Å². The average molecular weight is 284 g/mol. The highest BCUT2D eigenvalue weighted by Crippen LogP contribution is 2.35. The number of hydrogen-bond acceptors (Lipinski definition) is 4. The number of ether oxygens (including phenoxy) is 1. The van der Waals surface area contributed by atoms with Gasteiger partial charge in [-0.1, -0.05) is 13.8 Å². The monoisotopic (exact) mass is 284 g/mol. The third-order valence-corrected chi connectivity index (χ3v) is 4.59. The van der Waals surface area contributed by atoms with E-state index >= 15 is 0 Å². The van der Waals surface area contributed by atoms with Crippen LogP contribution < -0.4 is 5.32 Å². The van der Waals surface area contributed by atoms with Crippen LogP contribution in [0.25, 0.3) is 0 Å². The van der Waals surface area contributed by atoms with Gasteiger partial charge in [0.2, 0.25) is 0 Å². The Balaban J connectivity index is 2.01. The van der Waals surface area contributed by atoms with Crippen molar-refractivity contribution >= 4 is 0 Å². The minimum Gasteiger partial charge on any atom is -0.394 e. The fourth-order valence-electron chi connectivity index (χ4n) is 4.12. The van der Waals surface area contributed by atoms with Crippen molar-refractivity contribution in [1.29, 1.82) is 0 Å². The van der Waals surface area contributed by atoms with Crippen LogP contribution in [-0.4, -0.2) is 59.0 Å². The third kappa shape index (κ3) is 3.73. The molecule has 1 saturated carbocycles. The maximum Gasteiger partial charge on any atom is 0.0757 e. The van der Waals surface area contributed by atoms with Gasteiger partial charge in [0.1, 0.15) is 0 Å². The second-order valence-electron chi connectivity index (χ2n) is 7.75. The van der Waals surface area contributed by atoms with Gasteiger partial charge in [-0.2, -0.15) is 0 Å². The first-order valence-electron chi connectivity index (χ1n) is 8.06. The van der Waals surface area contributed by atoms with E-state index in [9.17, 15) is 5.11 Å². The highest BCUT2D eigenvalue weighted by atomic mass is 16.5.